The van der Waals surface area contributed by atoms with Crippen molar-refractivity contribution in [1.29, 1.82) is 5.41 Å². The molecule has 18 heavy (non-hydrogen) atoms. The molecule has 0 atom stereocenters. The molecule has 1 aromatic carbocycles. The molecule has 0 spiro atoms. The summed E-state index contributed by atoms with van der Waals surface area (Å²) in [5.74, 6) is 0.0246. The van der Waals surface area contributed by atoms with Gasteiger partial charge in [0, 0.05) is 21.1 Å². The summed E-state index contributed by atoms with van der Waals surface area (Å²) in [5.41, 5.74) is 1.54. The Labute approximate surface area is 112 Å². The van der Waals surface area contributed by atoms with Crippen molar-refractivity contribution < 1.29 is 4.79 Å². The zero-order valence-corrected chi connectivity index (χ0v) is 11.7. The Hall–Kier alpha value is -1.75. The average Bonchev–Trinajstić information content (AvgIpc) is 2.28. The van der Waals surface area contributed by atoms with E-state index in [9.17, 15) is 4.79 Å². The van der Waals surface area contributed by atoms with Gasteiger partial charge in [0.05, 0.1) is 10.7 Å². The van der Waals surface area contributed by atoms with E-state index in [-0.39, 0.29) is 5.96 Å². The number of para-hydroxylation sites is 1. The maximum atomic E-state index is 12.0. The van der Waals surface area contributed by atoms with Crippen molar-refractivity contribution in [2.45, 2.75) is 6.92 Å². The lowest BCUT2D eigenvalue weighted by molar-refractivity contribution is 0.250. The standard InChI is InChI=1S/C12H17ClN4O/c1-8-6-5-7-9(13)10(8)17(4)12(18)15-11(14)16(2)3/h5-7H,1-4H3,(H2,14,15,18). The minimum Gasteiger partial charge on any atom is -0.349 e. The van der Waals surface area contributed by atoms with Gasteiger partial charge in [-0.05, 0) is 18.6 Å². The highest BCUT2D eigenvalue weighted by Crippen LogP contribution is 2.28. The number of carbonyl (C=O) groups is 1. The lowest BCUT2D eigenvalue weighted by atomic mass is 10.2. The van der Waals surface area contributed by atoms with Gasteiger partial charge < -0.3 is 4.90 Å². The first-order valence-corrected chi connectivity index (χ1v) is 5.78. The third-order valence-electron chi connectivity index (χ3n) is 2.50. The van der Waals surface area contributed by atoms with E-state index < -0.39 is 6.03 Å². The van der Waals surface area contributed by atoms with Gasteiger partial charge in [-0.25, -0.2) is 4.79 Å². The lowest BCUT2D eigenvalue weighted by Gasteiger charge is -2.23. The second kappa shape index (κ2) is 5.73. The number of urea groups is 1. The predicted molar refractivity (Wildman–Crippen MR) is 74.5 cm³/mol. The number of benzene rings is 1. The van der Waals surface area contributed by atoms with Crippen molar-refractivity contribution in [3.8, 4) is 0 Å². The summed E-state index contributed by atoms with van der Waals surface area (Å²) in [6, 6.07) is 5.03. The van der Waals surface area contributed by atoms with E-state index in [0.29, 0.717) is 10.7 Å². The van der Waals surface area contributed by atoms with Crippen LogP contribution in [-0.2, 0) is 0 Å². The van der Waals surface area contributed by atoms with E-state index in [1.165, 1.54) is 9.80 Å². The second-order valence-electron chi connectivity index (χ2n) is 4.14. The highest BCUT2D eigenvalue weighted by molar-refractivity contribution is 6.34. The van der Waals surface area contributed by atoms with Gasteiger partial charge in [-0.3, -0.25) is 15.6 Å². The van der Waals surface area contributed by atoms with Crippen molar-refractivity contribution in [3.63, 3.8) is 0 Å². The summed E-state index contributed by atoms with van der Waals surface area (Å²) in [4.78, 5) is 14.9. The molecule has 0 aliphatic rings. The van der Waals surface area contributed by atoms with Gasteiger partial charge >= 0.3 is 6.03 Å². The molecule has 5 nitrogen and oxygen atoms in total. The molecule has 1 aromatic rings. The average molecular weight is 269 g/mol. The Kier molecular flexibility index (Phi) is 4.55. The first kappa shape index (κ1) is 14.3. The number of aryl methyl sites for hydroxylation is 1. The zero-order chi connectivity index (χ0) is 13.9. The first-order valence-electron chi connectivity index (χ1n) is 5.40. The molecule has 2 N–H and O–H groups in total. The van der Waals surface area contributed by atoms with Gasteiger partial charge in [0.1, 0.15) is 0 Å². The monoisotopic (exact) mass is 268 g/mol. The van der Waals surface area contributed by atoms with Crippen molar-refractivity contribution in [2.75, 3.05) is 26.0 Å². The van der Waals surface area contributed by atoms with Crippen LogP contribution < -0.4 is 10.2 Å². The minimum absolute atomic E-state index is 0.0246. The van der Waals surface area contributed by atoms with Crippen molar-refractivity contribution in [1.82, 2.24) is 10.2 Å². The van der Waals surface area contributed by atoms with E-state index >= 15 is 0 Å². The Bertz CT molecular complexity index is 453. The number of amides is 2. The summed E-state index contributed by atoms with van der Waals surface area (Å²) in [6.07, 6.45) is 0. The molecular weight excluding hydrogens is 252 g/mol. The number of rotatable bonds is 1. The molecule has 0 saturated heterocycles. The van der Waals surface area contributed by atoms with E-state index in [2.05, 4.69) is 5.32 Å². The molecule has 0 radical (unpaired) electrons. The van der Waals surface area contributed by atoms with Gasteiger partial charge in [-0.15, -0.1) is 0 Å². The van der Waals surface area contributed by atoms with Crippen LogP contribution in [0.5, 0.6) is 0 Å². The van der Waals surface area contributed by atoms with E-state index in [4.69, 9.17) is 17.0 Å². The van der Waals surface area contributed by atoms with Crippen LogP contribution in [0, 0.1) is 12.3 Å². The number of hydrogen-bond acceptors (Lipinski definition) is 2. The molecule has 6 heteroatoms. The van der Waals surface area contributed by atoms with E-state index in [1.54, 1.807) is 27.2 Å². The largest absolute Gasteiger partial charge is 0.349 e. The number of halogens is 1. The highest BCUT2D eigenvalue weighted by Gasteiger charge is 2.17. The van der Waals surface area contributed by atoms with E-state index in [0.717, 1.165) is 5.56 Å². The van der Waals surface area contributed by atoms with Gasteiger partial charge in [0.2, 0.25) is 0 Å². The number of hydrogen-bond donors (Lipinski definition) is 2. The second-order valence-corrected chi connectivity index (χ2v) is 4.54. The zero-order valence-electron chi connectivity index (χ0n) is 10.9. The van der Waals surface area contributed by atoms with Gasteiger partial charge in [-0.2, -0.15) is 0 Å². The number of carbonyl (C=O) groups excluding carboxylic acids is 1. The topological polar surface area (TPSA) is 59.4 Å². The van der Waals surface area contributed by atoms with Crippen LogP contribution in [0.1, 0.15) is 5.56 Å². The van der Waals surface area contributed by atoms with Crippen LogP contribution in [0.4, 0.5) is 10.5 Å². The molecule has 0 aliphatic heterocycles. The number of nitrogens with zero attached hydrogens (tertiary/aromatic N) is 2. The quantitative estimate of drug-likeness (QED) is 0.606. The van der Waals surface area contributed by atoms with Crippen LogP contribution in [0.15, 0.2) is 18.2 Å². The summed E-state index contributed by atoms with van der Waals surface area (Å²) in [6.45, 7) is 1.88. The molecule has 2 amide bonds. The predicted octanol–water partition coefficient (Wildman–Crippen LogP) is 2.29. The van der Waals surface area contributed by atoms with Crippen molar-refractivity contribution in [3.05, 3.63) is 28.8 Å². The molecule has 1 rings (SSSR count). The van der Waals surface area contributed by atoms with Crippen molar-refractivity contribution in [2.24, 2.45) is 0 Å². The molecule has 0 fully saturated rings. The molecule has 0 heterocycles. The minimum atomic E-state index is -0.398. The molecule has 0 saturated carbocycles. The molecule has 98 valence electrons. The van der Waals surface area contributed by atoms with Gasteiger partial charge in [-0.1, -0.05) is 23.7 Å². The summed E-state index contributed by atoms with van der Waals surface area (Å²) in [7, 11) is 4.99. The fraction of sp³-hybridized carbons (Fsp3) is 0.333. The Morgan fingerprint density at radius 2 is 1.94 bits per heavy atom. The third kappa shape index (κ3) is 3.13. The molecule has 0 aromatic heterocycles. The Morgan fingerprint density at radius 3 is 2.44 bits per heavy atom. The van der Waals surface area contributed by atoms with Crippen LogP contribution in [0.2, 0.25) is 5.02 Å². The van der Waals surface area contributed by atoms with E-state index in [1.807, 2.05) is 19.1 Å². The highest BCUT2D eigenvalue weighted by atomic mass is 35.5. The van der Waals surface area contributed by atoms with Crippen LogP contribution >= 0.6 is 11.6 Å². The van der Waals surface area contributed by atoms with Crippen molar-refractivity contribution >= 4 is 29.3 Å². The van der Waals surface area contributed by atoms with Crippen LogP contribution in [0.3, 0.4) is 0 Å². The fourth-order valence-corrected chi connectivity index (χ4v) is 1.79. The van der Waals surface area contributed by atoms with Crippen LogP contribution in [-0.4, -0.2) is 38.0 Å². The molecule has 0 bridgehead atoms. The molecule has 0 unspecified atom stereocenters. The molecular formula is C12H17ClN4O. The lowest BCUT2D eigenvalue weighted by Crippen LogP contribution is -2.45. The summed E-state index contributed by atoms with van der Waals surface area (Å²) in [5, 5.41) is 10.5. The smallest absolute Gasteiger partial charge is 0.328 e. The number of anilines is 1. The number of guanidine groups is 1. The fourth-order valence-electron chi connectivity index (χ4n) is 1.45. The van der Waals surface area contributed by atoms with Crippen LogP contribution in [0.25, 0.3) is 0 Å². The van der Waals surface area contributed by atoms with Gasteiger partial charge in [0.25, 0.3) is 0 Å². The SMILES string of the molecule is Cc1cccc(Cl)c1N(C)C(=O)NC(=N)N(C)C. The number of nitrogens with one attached hydrogen (secondary N) is 2. The first-order chi connectivity index (χ1) is 8.34. The Balaban J connectivity index is 2.91. The Morgan fingerprint density at radius 1 is 1.33 bits per heavy atom. The summed E-state index contributed by atoms with van der Waals surface area (Å²) < 4.78 is 0. The molecule has 0 aliphatic carbocycles. The van der Waals surface area contributed by atoms with Gasteiger partial charge in [0.15, 0.2) is 5.96 Å². The maximum absolute atomic E-state index is 12.0. The normalized spacial score (nSPS) is 9.83. The summed E-state index contributed by atoms with van der Waals surface area (Å²) >= 11 is 6.08. The third-order valence-corrected chi connectivity index (χ3v) is 2.81. The maximum Gasteiger partial charge on any atom is 0.328 e.